The maximum atomic E-state index is 12.7. The van der Waals surface area contributed by atoms with Crippen LogP contribution in [0.25, 0.3) is 0 Å². The van der Waals surface area contributed by atoms with Gasteiger partial charge in [0.1, 0.15) is 0 Å². The van der Waals surface area contributed by atoms with E-state index in [1.54, 1.807) is 13.8 Å². The molecule has 1 heterocycles. The predicted octanol–water partition coefficient (Wildman–Crippen LogP) is 4.13. The minimum atomic E-state index is -4.42. The third-order valence-corrected chi connectivity index (χ3v) is 4.35. The summed E-state index contributed by atoms with van der Waals surface area (Å²) in [5, 5.41) is 0. The van der Waals surface area contributed by atoms with Gasteiger partial charge in [0, 0.05) is 17.5 Å². The molecule has 1 aliphatic rings. The first-order valence-corrected chi connectivity index (χ1v) is 8.52. The highest BCUT2D eigenvalue weighted by atomic mass is 31.1. The van der Waals surface area contributed by atoms with Crippen LogP contribution in [0.2, 0.25) is 0 Å². The standard InChI is InChI=1S/C13H21F6N.H3O3P/c1-10(2)6-5-9(7-12(14,15)16)11(3,4)20(10)8-13(17,18)19;1-4(2)3/h9H,5-8H2,1-4H3;4H,(H2,1,2,3). The molecule has 0 radical (unpaired) electrons. The van der Waals surface area contributed by atoms with Gasteiger partial charge in [-0.15, -0.1) is 0 Å². The second-order valence-electron chi connectivity index (χ2n) is 7.00. The van der Waals surface area contributed by atoms with Crippen molar-refractivity contribution in [2.45, 2.75) is 70.4 Å². The van der Waals surface area contributed by atoms with Crippen LogP contribution >= 0.6 is 8.25 Å². The minimum absolute atomic E-state index is 0.286. The molecule has 0 spiro atoms. The van der Waals surface area contributed by atoms with Crippen LogP contribution in [0.1, 0.15) is 47.0 Å². The average Bonchev–Trinajstić information content (AvgIpc) is 2.26. The number of nitrogens with zero attached hydrogens (tertiary/aromatic N) is 1. The molecule has 1 atom stereocenters. The van der Waals surface area contributed by atoms with Gasteiger partial charge in [-0.05, 0) is 46.5 Å². The van der Waals surface area contributed by atoms with E-state index in [2.05, 4.69) is 0 Å². The lowest BCUT2D eigenvalue weighted by atomic mass is 9.71. The molecular weight excluding hydrogens is 363 g/mol. The van der Waals surface area contributed by atoms with Gasteiger partial charge >= 0.3 is 20.6 Å². The summed E-state index contributed by atoms with van der Waals surface area (Å²) in [6.45, 7) is 5.10. The zero-order chi connectivity index (χ0) is 19.6. The van der Waals surface area contributed by atoms with Crippen LogP contribution in [0.5, 0.6) is 0 Å². The number of alkyl halides is 6. The van der Waals surface area contributed by atoms with Gasteiger partial charge in [0.2, 0.25) is 0 Å². The van der Waals surface area contributed by atoms with E-state index in [4.69, 9.17) is 14.4 Å². The van der Waals surface area contributed by atoms with E-state index < -0.39 is 50.6 Å². The van der Waals surface area contributed by atoms with E-state index in [-0.39, 0.29) is 6.42 Å². The van der Waals surface area contributed by atoms with Crippen molar-refractivity contribution in [3.8, 4) is 0 Å². The lowest BCUT2D eigenvalue weighted by Crippen LogP contribution is -2.64. The molecule has 0 aromatic rings. The van der Waals surface area contributed by atoms with E-state index in [1.807, 2.05) is 0 Å². The molecule has 4 nitrogen and oxygen atoms in total. The van der Waals surface area contributed by atoms with E-state index in [1.165, 1.54) is 18.7 Å². The van der Waals surface area contributed by atoms with Gasteiger partial charge in [0.15, 0.2) is 0 Å². The molecule has 146 valence electrons. The summed E-state index contributed by atoms with van der Waals surface area (Å²) in [6.07, 6.45) is -9.20. The Labute approximate surface area is 137 Å². The monoisotopic (exact) mass is 387 g/mol. The van der Waals surface area contributed by atoms with E-state index in [0.29, 0.717) is 6.42 Å². The molecule has 0 bridgehead atoms. The summed E-state index contributed by atoms with van der Waals surface area (Å²) in [6, 6.07) is 0. The largest absolute Gasteiger partial charge is 0.401 e. The fourth-order valence-corrected chi connectivity index (χ4v) is 3.24. The SMILES string of the molecule is CC1(C)CCC(CC(F)(F)F)C(C)(C)N1CC(F)(F)F.O=[PH](O)O. The minimum Gasteiger partial charge on any atom is -0.326 e. The summed E-state index contributed by atoms with van der Waals surface area (Å²) in [5.41, 5.74) is -1.91. The van der Waals surface area contributed by atoms with Crippen molar-refractivity contribution < 1.29 is 40.7 Å². The van der Waals surface area contributed by atoms with Gasteiger partial charge in [-0.1, -0.05) is 0 Å². The Kier molecular flexibility index (Phi) is 7.83. The first-order valence-electron chi connectivity index (χ1n) is 7.21. The van der Waals surface area contributed by atoms with Gasteiger partial charge in [0.05, 0.1) is 6.54 Å². The number of rotatable bonds is 2. The Bertz CT molecular complexity index is 432. The Morgan fingerprint density at radius 1 is 1.04 bits per heavy atom. The van der Waals surface area contributed by atoms with Gasteiger partial charge < -0.3 is 9.79 Å². The number of hydrogen-bond donors (Lipinski definition) is 2. The maximum absolute atomic E-state index is 12.7. The third-order valence-electron chi connectivity index (χ3n) is 4.35. The maximum Gasteiger partial charge on any atom is 0.401 e. The van der Waals surface area contributed by atoms with Gasteiger partial charge in [-0.2, -0.15) is 26.3 Å². The molecule has 1 aliphatic heterocycles. The third kappa shape index (κ3) is 8.18. The van der Waals surface area contributed by atoms with Crippen LogP contribution < -0.4 is 0 Å². The summed E-state index contributed by atoms with van der Waals surface area (Å²) in [7, 11) is -3.13. The second kappa shape index (κ2) is 7.93. The Hall–Kier alpha value is -0.310. The Balaban J connectivity index is 0.00000118. The van der Waals surface area contributed by atoms with Crippen LogP contribution in [-0.2, 0) is 4.57 Å². The lowest BCUT2D eigenvalue weighted by Gasteiger charge is -2.57. The van der Waals surface area contributed by atoms with E-state index in [9.17, 15) is 26.3 Å². The van der Waals surface area contributed by atoms with Crippen LogP contribution in [0.3, 0.4) is 0 Å². The molecule has 2 N–H and O–H groups in total. The van der Waals surface area contributed by atoms with Crippen LogP contribution in [0, 0.1) is 5.92 Å². The summed E-state index contributed by atoms with van der Waals surface area (Å²) >= 11 is 0. The van der Waals surface area contributed by atoms with Gasteiger partial charge in [-0.3, -0.25) is 9.46 Å². The molecular formula is C13H24F6NO3P. The smallest absolute Gasteiger partial charge is 0.326 e. The molecule has 0 aliphatic carbocycles. The normalized spacial score (nSPS) is 24.5. The fraction of sp³-hybridized carbons (Fsp3) is 1.00. The van der Waals surface area contributed by atoms with Crippen molar-refractivity contribution in [2.75, 3.05) is 6.54 Å². The first-order chi connectivity index (χ1) is 10.4. The predicted molar refractivity (Wildman–Crippen MR) is 77.8 cm³/mol. The van der Waals surface area contributed by atoms with Crippen molar-refractivity contribution in [3.63, 3.8) is 0 Å². The topological polar surface area (TPSA) is 60.8 Å². The van der Waals surface area contributed by atoms with E-state index in [0.717, 1.165) is 0 Å². The highest BCUT2D eigenvalue weighted by molar-refractivity contribution is 7.30. The zero-order valence-corrected chi connectivity index (χ0v) is 14.9. The molecule has 1 unspecified atom stereocenters. The van der Waals surface area contributed by atoms with E-state index >= 15 is 0 Å². The van der Waals surface area contributed by atoms with Crippen molar-refractivity contribution in [3.05, 3.63) is 0 Å². The van der Waals surface area contributed by atoms with Crippen molar-refractivity contribution in [1.82, 2.24) is 4.90 Å². The summed E-state index contributed by atoms with van der Waals surface area (Å²) in [5.74, 6) is -0.821. The molecule has 0 aromatic heterocycles. The highest BCUT2D eigenvalue weighted by Crippen LogP contribution is 2.47. The summed E-state index contributed by atoms with van der Waals surface area (Å²) in [4.78, 5) is 15.5. The van der Waals surface area contributed by atoms with Crippen molar-refractivity contribution >= 4 is 8.25 Å². The molecule has 11 heteroatoms. The lowest BCUT2D eigenvalue weighted by molar-refractivity contribution is -0.205. The molecule has 0 amide bonds. The van der Waals surface area contributed by atoms with Crippen LogP contribution in [-0.4, -0.2) is 44.7 Å². The number of likely N-dealkylation sites (tertiary alicyclic amines) is 1. The molecule has 1 fully saturated rings. The molecule has 1 rings (SSSR count). The van der Waals surface area contributed by atoms with Crippen LogP contribution in [0.4, 0.5) is 26.3 Å². The first kappa shape index (κ1) is 23.7. The molecule has 0 saturated carbocycles. The second-order valence-corrected chi connectivity index (χ2v) is 7.57. The molecule has 0 aromatic carbocycles. The zero-order valence-electron chi connectivity index (χ0n) is 13.9. The molecule has 1 saturated heterocycles. The number of hydrogen-bond acceptors (Lipinski definition) is 2. The van der Waals surface area contributed by atoms with Gasteiger partial charge in [-0.25, -0.2) is 0 Å². The Morgan fingerprint density at radius 2 is 1.46 bits per heavy atom. The molecule has 24 heavy (non-hydrogen) atoms. The number of piperidine rings is 1. The summed E-state index contributed by atoms with van der Waals surface area (Å²) < 4.78 is 84.7. The van der Waals surface area contributed by atoms with Crippen LogP contribution in [0.15, 0.2) is 0 Å². The highest BCUT2D eigenvalue weighted by Gasteiger charge is 2.52. The fourth-order valence-electron chi connectivity index (χ4n) is 3.24. The van der Waals surface area contributed by atoms with Crippen molar-refractivity contribution in [1.29, 1.82) is 0 Å². The van der Waals surface area contributed by atoms with Gasteiger partial charge in [0.25, 0.3) is 0 Å². The average molecular weight is 387 g/mol. The quantitative estimate of drug-likeness (QED) is 0.553. The number of halogens is 6. The Morgan fingerprint density at radius 3 is 1.79 bits per heavy atom. The van der Waals surface area contributed by atoms with Crippen molar-refractivity contribution in [2.24, 2.45) is 5.92 Å².